The number of hydrogen-bond donors (Lipinski definition) is 2. The summed E-state index contributed by atoms with van der Waals surface area (Å²) in [5.74, 6) is -0.274. The van der Waals surface area contributed by atoms with Crippen LogP contribution in [0.25, 0.3) is 0 Å². The van der Waals surface area contributed by atoms with Gasteiger partial charge in [-0.3, -0.25) is 9.59 Å². The van der Waals surface area contributed by atoms with Crippen molar-refractivity contribution in [3.63, 3.8) is 0 Å². The summed E-state index contributed by atoms with van der Waals surface area (Å²) in [6, 6.07) is 7.04. The highest BCUT2D eigenvalue weighted by atomic mass is 16.2. The van der Waals surface area contributed by atoms with Crippen molar-refractivity contribution in [3.05, 3.63) is 29.3 Å². The Morgan fingerprint density at radius 3 is 3.12 bits per heavy atom. The van der Waals surface area contributed by atoms with Crippen molar-refractivity contribution in [2.45, 2.75) is 12.8 Å². The molecule has 1 aromatic rings. The monoisotopic (exact) mass is 229 g/mol. The molecule has 0 unspecified atom stereocenters. The molecule has 2 rings (SSSR count). The number of carbonyl (C=O) groups excluding carboxylic acids is 2. The van der Waals surface area contributed by atoms with Crippen LogP contribution in [0.2, 0.25) is 0 Å². The smallest absolute Gasteiger partial charge is 0.251 e. The van der Waals surface area contributed by atoms with Crippen molar-refractivity contribution in [1.82, 2.24) is 5.32 Å². The Kier molecular flexibility index (Phi) is 3.06. The minimum Gasteiger partial charge on any atom is -0.351 e. The predicted octanol–water partition coefficient (Wildman–Crippen LogP) is 0.825. The second-order valence-electron chi connectivity index (χ2n) is 3.76. The first-order valence-corrected chi connectivity index (χ1v) is 5.28. The fourth-order valence-electron chi connectivity index (χ4n) is 1.70. The lowest BCUT2D eigenvalue weighted by atomic mass is 10.1. The van der Waals surface area contributed by atoms with Gasteiger partial charge >= 0.3 is 0 Å². The van der Waals surface area contributed by atoms with Crippen LogP contribution in [0.15, 0.2) is 18.2 Å². The quantitative estimate of drug-likeness (QED) is 0.753. The van der Waals surface area contributed by atoms with Gasteiger partial charge in [0.05, 0.1) is 18.9 Å². The van der Waals surface area contributed by atoms with Gasteiger partial charge in [0, 0.05) is 17.8 Å². The number of carbonyl (C=O) groups is 2. The van der Waals surface area contributed by atoms with Crippen molar-refractivity contribution < 1.29 is 9.59 Å². The molecule has 0 aliphatic carbocycles. The van der Waals surface area contributed by atoms with Gasteiger partial charge in [-0.05, 0) is 23.8 Å². The average molecular weight is 229 g/mol. The lowest BCUT2D eigenvalue weighted by Crippen LogP contribution is -2.24. The third-order valence-corrected chi connectivity index (χ3v) is 2.51. The summed E-state index contributed by atoms with van der Waals surface area (Å²) in [6.07, 6.45) is 0.603. The van der Waals surface area contributed by atoms with E-state index in [0.29, 0.717) is 18.5 Å². The molecular weight excluding hydrogens is 218 g/mol. The molecule has 0 fully saturated rings. The molecule has 0 spiro atoms. The zero-order chi connectivity index (χ0) is 12.3. The van der Waals surface area contributed by atoms with Crippen LogP contribution < -0.4 is 10.6 Å². The van der Waals surface area contributed by atoms with Gasteiger partial charge in [-0.2, -0.15) is 5.26 Å². The Balaban J connectivity index is 2.08. The van der Waals surface area contributed by atoms with Gasteiger partial charge in [-0.15, -0.1) is 0 Å². The second-order valence-corrected chi connectivity index (χ2v) is 3.76. The van der Waals surface area contributed by atoms with Crippen molar-refractivity contribution in [3.8, 4) is 6.07 Å². The van der Waals surface area contributed by atoms with Crippen LogP contribution in [0, 0.1) is 11.3 Å². The topological polar surface area (TPSA) is 82.0 Å². The van der Waals surface area contributed by atoms with Crippen LogP contribution in [-0.4, -0.2) is 18.4 Å². The van der Waals surface area contributed by atoms with Crippen LogP contribution in [-0.2, 0) is 11.2 Å². The van der Waals surface area contributed by atoms with E-state index in [9.17, 15) is 9.59 Å². The molecule has 2 N–H and O–H groups in total. The number of nitriles is 1. The highest BCUT2D eigenvalue weighted by Gasteiger charge is 2.18. The maximum atomic E-state index is 11.7. The van der Waals surface area contributed by atoms with Gasteiger partial charge in [0.25, 0.3) is 5.91 Å². The van der Waals surface area contributed by atoms with E-state index in [1.165, 1.54) is 0 Å². The Labute approximate surface area is 98.4 Å². The normalized spacial score (nSPS) is 12.5. The minimum atomic E-state index is -0.220. The standard InChI is InChI=1S/C12H11N3O2/c13-4-1-5-14-12(17)8-2-3-10-9(6-8)7-11(16)15-10/h2-3,6H,1,5,7H2,(H,14,17)(H,15,16). The van der Waals surface area contributed by atoms with Crippen LogP contribution in [0.4, 0.5) is 5.69 Å². The summed E-state index contributed by atoms with van der Waals surface area (Å²) >= 11 is 0. The predicted molar refractivity (Wildman–Crippen MR) is 61.3 cm³/mol. The Bertz CT molecular complexity index is 517. The van der Waals surface area contributed by atoms with E-state index >= 15 is 0 Å². The SMILES string of the molecule is N#CCCNC(=O)c1ccc2c(c1)CC(=O)N2. The molecule has 0 saturated heterocycles. The first kappa shape index (κ1) is 11.1. The number of hydrogen-bond acceptors (Lipinski definition) is 3. The van der Waals surface area contributed by atoms with E-state index in [4.69, 9.17) is 5.26 Å². The average Bonchev–Trinajstić information content (AvgIpc) is 2.68. The third kappa shape index (κ3) is 2.42. The van der Waals surface area contributed by atoms with Gasteiger partial charge < -0.3 is 10.6 Å². The van der Waals surface area contributed by atoms with Gasteiger partial charge in [-0.1, -0.05) is 0 Å². The summed E-state index contributed by atoms with van der Waals surface area (Å²) in [5.41, 5.74) is 2.12. The minimum absolute atomic E-state index is 0.0537. The molecule has 86 valence electrons. The van der Waals surface area contributed by atoms with E-state index in [2.05, 4.69) is 10.6 Å². The number of anilines is 1. The molecule has 17 heavy (non-hydrogen) atoms. The van der Waals surface area contributed by atoms with Crippen LogP contribution in [0.5, 0.6) is 0 Å². The lowest BCUT2D eigenvalue weighted by Gasteiger charge is -2.04. The van der Waals surface area contributed by atoms with Crippen molar-refractivity contribution in [1.29, 1.82) is 5.26 Å². The summed E-state index contributed by atoms with van der Waals surface area (Å²) in [5, 5.41) is 13.7. The zero-order valence-corrected chi connectivity index (χ0v) is 9.12. The fourth-order valence-corrected chi connectivity index (χ4v) is 1.70. The fraction of sp³-hybridized carbons (Fsp3) is 0.250. The van der Waals surface area contributed by atoms with Crippen molar-refractivity contribution in [2.75, 3.05) is 11.9 Å². The van der Waals surface area contributed by atoms with Crippen molar-refractivity contribution in [2.24, 2.45) is 0 Å². The van der Waals surface area contributed by atoms with Gasteiger partial charge in [0.15, 0.2) is 0 Å². The zero-order valence-electron chi connectivity index (χ0n) is 9.12. The molecule has 0 saturated carbocycles. The third-order valence-electron chi connectivity index (χ3n) is 2.51. The van der Waals surface area contributed by atoms with Crippen LogP contribution in [0.1, 0.15) is 22.3 Å². The highest BCUT2D eigenvalue weighted by molar-refractivity contribution is 6.01. The molecule has 2 amide bonds. The molecule has 5 heteroatoms. The van der Waals surface area contributed by atoms with Gasteiger partial charge in [0.1, 0.15) is 0 Å². The molecule has 0 radical (unpaired) electrons. The molecule has 1 heterocycles. The summed E-state index contributed by atoms with van der Waals surface area (Å²) < 4.78 is 0. The number of fused-ring (bicyclic) bond motifs is 1. The first-order chi connectivity index (χ1) is 8.20. The Hall–Kier alpha value is -2.35. The number of nitrogens with zero attached hydrogens (tertiary/aromatic N) is 1. The second kappa shape index (κ2) is 4.66. The molecule has 1 aliphatic rings. The summed E-state index contributed by atoms with van der Waals surface area (Å²) in [7, 11) is 0. The molecular formula is C12H11N3O2. The summed E-state index contributed by atoms with van der Waals surface area (Å²) in [6.45, 7) is 0.337. The van der Waals surface area contributed by atoms with E-state index in [-0.39, 0.29) is 18.2 Å². The molecule has 5 nitrogen and oxygen atoms in total. The Morgan fingerprint density at radius 1 is 1.53 bits per heavy atom. The molecule has 1 aliphatic heterocycles. The lowest BCUT2D eigenvalue weighted by molar-refractivity contribution is -0.115. The van der Waals surface area contributed by atoms with Crippen molar-refractivity contribution >= 4 is 17.5 Å². The molecule has 0 aromatic heterocycles. The highest BCUT2D eigenvalue weighted by Crippen LogP contribution is 2.23. The summed E-state index contributed by atoms with van der Waals surface area (Å²) in [4.78, 5) is 22.8. The van der Waals surface area contributed by atoms with E-state index in [0.717, 1.165) is 11.3 Å². The maximum Gasteiger partial charge on any atom is 0.251 e. The Morgan fingerprint density at radius 2 is 2.35 bits per heavy atom. The number of benzene rings is 1. The van der Waals surface area contributed by atoms with Crippen LogP contribution >= 0.6 is 0 Å². The number of nitrogens with one attached hydrogen (secondary N) is 2. The van der Waals surface area contributed by atoms with E-state index in [1.807, 2.05) is 6.07 Å². The molecule has 1 aromatic carbocycles. The maximum absolute atomic E-state index is 11.7. The van der Waals surface area contributed by atoms with E-state index < -0.39 is 0 Å². The number of amides is 2. The largest absolute Gasteiger partial charge is 0.351 e. The first-order valence-electron chi connectivity index (χ1n) is 5.28. The number of rotatable bonds is 3. The van der Waals surface area contributed by atoms with Crippen LogP contribution in [0.3, 0.4) is 0 Å². The molecule has 0 bridgehead atoms. The van der Waals surface area contributed by atoms with E-state index in [1.54, 1.807) is 18.2 Å². The van der Waals surface area contributed by atoms with Gasteiger partial charge in [-0.25, -0.2) is 0 Å². The van der Waals surface area contributed by atoms with Gasteiger partial charge in [0.2, 0.25) is 5.91 Å². The molecule has 0 atom stereocenters.